The summed E-state index contributed by atoms with van der Waals surface area (Å²) in [6.45, 7) is 0.136. The quantitative estimate of drug-likeness (QED) is 0.572. The number of hydrogen-bond acceptors (Lipinski definition) is 2. The lowest BCUT2D eigenvalue weighted by Gasteiger charge is -2.09. The highest BCUT2D eigenvalue weighted by atomic mass is 127. The molecule has 0 aromatic heterocycles. The number of rotatable bonds is 4. The van der Waals surface area contributed by atoms with Gasteiger partial charge in [-0.15, -0.1) is 0 Å². The number of carbonyl (C=O) groups is 1. The molecule has 0 amide bonds. The van der Waals surface area contributed by atoms with Crippen molar-refractivity contribution in [1.29, 1.82) is 0 Å². The minimum absolute atomic E-state index is 0.136. The number of benzene rings is 2. The Kier molecular flexibility index (Phi) is 4.76. The topological polar surface area (TPSA) is 26.3 Å². The summed E-state index contributed by atoms with van der Waals surface area (Å²) in [5, 5.41) is -0.515. The standard InChI is InChI=1S/C14H9ClFIO2/c15-14(18)9-5-6-13(12(17)7-9)19-8-10-3-1-2-4-11(10)16/h1-7H,8H2. The fourth-order valence-corrected chi connectivity index (χ4v) is 2.30. The highest BCUT2D eigenvalue weighted by Gasteiger charge is 2.08. The van der Waals surface area contributed by atoms with Gasteiger partial charge < -0.3 is 4.74 Å². The fraction of sp³-hybridized carbons (Fsp3) is 0.0714. The summed E-state index contributed by atoms with van der Waals surface area (Å²) in [7, 11) is 0. The van der Waals surface area contributed by atoms with E-state index in [0.29, 0.717) is 16.9 Å². The van der Waals surface area contributed by atoms with Crippen molar-refractivity contribution >= 4 is 39.4 Å². The molecule has 0 unspecified atom stereocenters. The molecule has 0 radical (unpaired) electrons. The molecule has 0 saturated carbocycles. The molecular formula is C14H9ClFIO2. The third-order valence-electron chi connectivity index (χ3n) is 2.50. The lowest BCUT2D eigenvalue weighted by Crippen LogP contribution is -2.00. The minimum atomic E-state index is -0.515. The van der Waals surface area contributed by atoms with E-state index in [1.54, 1.807) is 36.4 Å². The lowest BCUT2D eigenvalue weighted by atomic mass is 10.2. The zero-order valence-corrected chi connectivity index (χ0v) is 12.6. The second-order valence-electron chi connectivity index (χ2n) is 3.80. The van der Waals surface area contributed by atoms with E-state index < -0.39 is 5.24 Å². The number of halogens is 3. The van der Waals surface area contributed by atoms with Crippen LogP contribution in [0.3, 0.4) is 0 Å². The van der Waals surface area contributed by atoms with Gasteiger partial charge in [0.05, 0.1) is 3.57 Å². The summed E-state index contributed by atoms with van der Waals surface area (Å²) in [6, 6.07) is 11.3. The molecule has 0 fully saturated rings. The maximum absolute atomic E-state index is 13.4. The van der Waals surface area contributed by atoms with Crippen LogP contribution in [0.1, 0.15) is 15.9 Å². The van der Waals surface area contributed by atoms with Crippen molar-refractivity contribution in [1.82, 2.24) is 0 Å². The molecule has 0 bridgehead atoms. The Morgan fingerprint density at radius 1 is 1.26 bits per heavy atom. The average Bonchev–Trinajstić information content (AvgIpc) is 2.39. The molecule has 5 heteroatoms. The Hall–Kier alpha value is -1.14. The normalized spacial score (nSPS) is 10.3. The van der Waals surface area contributed by atoms with Gasteiger partial charge in [-0.2, -0.15) is 0 Å². The summed E-state index contributed by atoms with van der Waals surface area (Å²) >= 11 is 7.43. The predicted octanol–water partition coefficient (Wildman–Crippen LogP) is 4.39. The monoisotopic (exact) mass is 390 g/mol. The van der Waals surface area contributed by atoms with E-state index in [2.05, 4.69) is 0 Å². The fourth-order valence-electron chi connectivity index (χ4n) is 1.51. The molecule has 2 aromatic carbocycles. The smallest absolute Gasteiger partial charge is 0.252 e. The van der Waals surface area contributed by atoms with Gasteiger partial charge in [-0.1, -0.05) is 18.2 Å². The lowest BCUT2D eigenvalue weighted by molar-refractivity contribution is 0.108. The van der Waals surface area contributed by atoms with Gasteiger partial charge in [0.25, 0.3) is 5.24 Å². The van der Waals surface area contributed by atoms with Crippen LogP contribution in [0.4, 0.5) is 4.39 Å². The van der Waals surface area contributed by atoms with Crippen molar-refractivity contribution in [2.24, 2.45) is 0 Å². The molecule has 0 atom stereocenters. The SMILES string of the molecule is O=C(Cl)c1ccc(OCc2ccccc2F)c(I)c1. The van der Waals surface area contributed by atoms with Crippen molar-refractivity contribution in [2.45, 2.75) is 6.61 Å². The van der Waals surface area contributed by atoms with Gasteiger partial charge in [0.1, 0.15) is 18.2 Å². The first-order valence-electron chi connectivity index (χ1n) is 5.43. The number of hydrogen-bond donors (Lipinski definition) is 0. The molecule has 98 valence electrons. The third-order valence-corrected chi connectivity index (χ3v) is 3.56. The van der Waals surface area contributed by atoms with E-state index in [-0.39, 0.29) is 12.4 Å². The van der Waals surface area contributed by atoms with E-state index in [1.165, 1.54) is 6.07 Å². The Morgan fingerprint density at radius 3 is 2.63 bits per heavy atom. The van der Waals surface area contributed by atoms with Crippen LogP contribution < -0.4 is 4.74 Å². The van der Waals surface area contributed by atoms with Gasteiger partial charge in [-0.3, -0.25) is 4.79 Å². The Morgan fingerprint density at radius 2 is 2.00 bits per heavy atom. The van der Waals surface area contributed by atoms with E-state index in [4.69, 9.17) is 16.3 Å². The van der Waals surface area contributed by atoms with Gasteiger partial charge in [-0.05, 0) is 58.5 Å². The van der Waals surface area contributed by atoms with Crippen molar-refractivity contribution in [3.63, 3.8) is 0 Å². The second kappa shape index (κ2) is 6.34. The molecule has 2 rings (SSSR count). The van der Waals surface area contributed by atoms with Gasteiger partial charge in [0.15, 0.2) is 0 Å². The predicted molar refractivity (Wildman–Crippen MR) is 80.1 cm³/mol. The van der Waals surface area contributed by atoms with Crippen molar-refractivity contribution in [3.05, 3.63) is 63.0 Å². The Bertz CT molecular complexity index is 616. The molecule has 2 nitrogen and oxygen atoms in total. The first-order chi connectivity index (χ1) is 9.08. The molecule has 0 heterocycles. The van der Waals surface area contributed by atoms with Gasteiger partial charge in [0.2, 0.25) is 0 Å². The summed E-state index contributed by atoms with van der Waals surface area (Å²) in [5.74, 6) is 0.288. The first-order valence-corrected chi connectivity index (χ1v) is 6.89. The second-order valence-corrected chi connectivity index (χ2v) is 5.30. The van der Waals surface area contributed by atoms with E-state index in [0.717, 1.165) is 3.57 Å². The Labute approximate surface area is 128 Å². The minimum Gasteiger partial charge on any atom is -0.488 e. The zero-order chi connectivity index (χ0) is 13.8. The average molecular weight is 391 g/mol. The molecule has 0 N–H and O–H groups in total. The molecule has 0 aliphatic carbocycles. The highest BCUT2D eigenvalue weighted by Crippen LogP contribution is 2.24. The van der Waals surface area contributed by atoms with Crippen LogP contribution in [0.15, 0.2) is 42.5 Å². The summed E-state index contributed by atoms with van der Waals surface area (Å²) in [5.41, 5.74) is 0.889. The van der Waals surface area contributed by atoms with Crippen LogP contribution in [0.25, 0.3) is 0 Å². The molecule has 0 saturated heterocycles. The van der Waals surface area contributed by atoms with Crippen LogP contribution in [0, 0.1) is 9.39 Å². The molecule has 2 aromatic rings. The summed E-state index contributed by atoms with van der Waals surface area (Å²) in [4.78, 5) is 11.0. The van der Waals surface area contributed by atoms with Crippen molar-refractivity contribution < 1.29 is 13.9 Å². The summed E-state index contributed by atoms with van der Waals surface area (Å²) < 4.78 is 19.7. The molecule has 0 aliphatic heterocycles. The molecule has 19 heavy (non-hydrogen) atoms. The maximum Gasteiger partial charge on any atom is 0.252 e. The van der Waals surface area contributed by atoms with Crippen LogP contribution in [0.5, 0.6) is 5.75 Å². The molecule has 0 aliphatic rings. The third kappa shape index (κ3) is 3.67. The van der Waals surface area contributed by atoms with E-state index >= 15 is 0 Å². The van der Waals surface area contributed by atoms with Crippen LogP contribution >= 0.6 is 34.2 Å². The van der Waals surface area contributed by atoms with Crippen LogP contribution in [-0.4, -0.2) is 5.24 Å². The molecular weight excluding hydrogens is 382 g/mol. The highest BCUT2D eigenvalue weighted by molar-refractivity contribution is 14.1. The Balaban J connectivity index is 2.12. The summed E-state index contributed by atoms with van der Waals surface area (Å²) in [6.07, 6.45) is 0. The first kappa shape index (κ1) is 14.3. The van der Waals surface area contributed by atoms with Gasteiger partial charge >= 0.3 is 0 Å². The number of carbonyl (C=O) groups excluding carboxylic acids is 1. The zero-order valence-electron chi connectivity index (χ0n) is 9.70. The van der Waals surface area contributed by atoms with E-state index in [9.17, 15) is 9.18 Å². The van der Waals surface area contributed by atoms with Gasteiger partial charge in [-0.25, -0.2) is 4.39 Å². The van der Waals surface area contributed by atoms with Gasteiger partial charge in [0, 0.05) is 11.1 Å². The maximum atomic E-state index is 13.4. The van der Waals surface area contributed by atoms with E-state index in [1.807, 2.05) is 22.6 Å². The van der Waals surface area contributed by atoms with Crippen LogP contribution in [0.2, 0.25) is 0 Å². The van der Waals surface area contributed by atoms with Crippen molar-refractivity contribution in [2.75, 3.05) is 0 Å². The largest absolute Gasteiger partial charge is 0.488 e. The van der Waals surface area contributed by atoms with Crippen molar-refractivity contribution in [3.8, 4) is 5.75 Å². The van der Waals surface area contributed by atoms with Crippen LogP contribution in [-0.2, 0) is 6.61 Å². The number of ether oxygens (including phenoxy) is 1. The molecule has 0 spiro atoms.